The van der Waals surface area contributed by atoms with E-state index in [2.05, 4.69) is 23.3 Å². The summed E-state index contributed by atoms with van der Waals surface area (Å²) in [6.07, 6.45) is -1.33. The number of ether oxygens (including phenoxy) is 2. The van der Waals surface area contributed by atoms with Crippen molar-refractivity contribution in [1.82, 2.24) is 10.6 Å². The number of aliphatic hydroxyl groups is 1. The second kappa shape index (κ2) is 9.46. The van der Waals surface area contributed by atoms with Crippen LogP contribution >= 0.6 is 12.6 Å². The van der Waals surface area contributed by atoms with Crippen LogP contribution in [0, 0.1) is 5.41 Å². The van der Waals surface area contributed by atoms with Gasteiger partial charge in [0, 0.05) is 37.1 Å². The Morgan fingerprint density at radius 1 is 1.35 bits per heavy atom. The first-order valence-corrected chi connectivity index (χ1v) is 8.50. The highest BCUT2D eigenvalue weighted by Crippen LogP contribution is 2.31. The van der Waals surface area contributed by atoms with E-state index in [0.29, 0.717) is 25.3 Å². The maximum atomic E-state index is 12.3. The molecule has 0 radical (unpaired) electrons. The van der Waals surface area contributed by atoms with Crippen LogP contribution in [-0.2, 0) is 19.1 Å². The fraction of sp³-hybridized carbons (Fsp3) is 0.867. The molecule has 1 aliphatic heterocycles. The second-order valence-electron chi connectivity index (χ2n) is 6.44. The van der Waals surface area contributed by atoms with Crippen molar-refractivity contribution in [2.24, 2.45) is 5.41 Å². The lowest BCUT2D eigenvalue weighted by Crippen LogP contribution is -2.54. The summed E-state index contributed by atoms with van der Waals surface area (Å²) in [4.78, 5) is 23.8. The molecule has 8 heteroatoms. The van der Waals surface area contributed by atoms with Crippen molar-refractivity contribution >= 4 is 24.4 Å². The third kappa shape index (κ3) is 7.07. The first kappa shape index (κ1) is 20.2. The van der Waals surface area contributed by atoms with Gasteiger partial charge in [-0.3, -0.25) is 9.59 Å². The molecule has 0 spiro atoms. The minimum atomic E-state index is -0.680. The first-order chi connectivity index (χ1) is 10.8. The predicted molar refractivity (Wildman–Crippen MR) is 89.2 cm³/mol. The maximum absolute atomic E-state index is 12.3. The van der Waals surface area contributed by atoms with Crippen molar-refractivity contribution in [1.29, 1.82) is 0 Å². The smallest absolute Gasteiger partial charge is 0.249 e. The van der Waals surface area contributed by atoms with Crippen LogP contribution in [0.3, 0.4) is 0 Å². The molecule has 2 unspecified atom stereocenters. The standard InChI is InChI=1S/C15H28N2O5S/c1-10(18)8-12-21-9-15(2,3)13(22-12)14(20)17-5-4-11(19)16-6-7-23/h10,12-13,18,23H,4-9H2,1-3H3,(H,16,19)(H,17,20)/t10?,12?,13-/m0/s1. The van der Waals surface area contributed by atoms with Gasteiger partial charge in [0.05, 0.1) is 12.7 Å². The number of amides is 2. The molecular weight excluding hydrogens is 320 g/mol. The fourth-order valence-corrected chi connectivity index (χ4v) is 2.36. The van der Waals surface area contributed by atoms with Gasteiger partial charge >= 0.3 is 0 Å². The van der Waals surface area contributed by atoms with Crippen molar-refractivity contribution in [2.75, 3.05) is 25.4 Å². The number of hydrogen-bond acceptors (Lipinski definition) is 6. The van der Waals surface area contributed by atoms with Crippen LogP contribution < -0.4 is 10.6 Å². The van der Waals surface area contributed by atoms with Gasteiger partial charge in [-0.1, -0.05) is 13.8 Å². The van der Waals surface area contributed by atoms with Crippen molar-refractivity contribution < 1.29 is 24.2 Å². The summed E-state index contributed by atoms with van der Waals surface area (Å²) in [7, 11) is 0. The number of carbonyl (C=O) groups excluding carboxylic acids is 2. The molecule has 7 nitrogen and oxygen atoms in total. The largest absolute Gasteiger partial charge is 0.393 e. The molecule has 134 valence electrons. The molecule has 1 aliphatic rings. The van der Waals surface area contributed by atoms with Gasteiger partial charge in [0.25, 0.3) is 0 Å². The van der Waals surface area contributed by atoms with Gasteiger partial charge < -0.3 is 25.2 Å². The monoisotopic (exact) mass is 348 g/mol. The van der Waals surface area contributed by atoms with E-state index in [1.807, 2.05) is 13.8 Å². The lowest BCUT2D eigenvalue weighted by molar-refractivity contribution is -0.260. The summed E-state index contributed by atoms with van der Waals surface area (Å²) in [6.45, 7) is 6.53. The van der Waals surface area contributed by atoms with Crippen LogP contribution in [0.1, 0.15) is 33.6 Å². The normalized spacial score (nSPS) is 24.7. The molecule has 0 saturated carbocycles. The van der Waals surface area contributed by atoms with Gasteiger partial charge in [-0.25, -0.2) is 0 Å². The second-order valence-corrected chi connectivity index (χ2v) is 6.89. The third-order valence-electron chi connectivity index (χ3n) is 3.50. The molecule has 0 aliphatic carbocycles. The van der Waals surface area contributed by atoms with E-state index in [-0.39, 0.29) is 24.8 Å². The number of hydrogen-bond donors (Lipinski definition) is 4. The van der Waals surface area contributed by atoms with E-state index in [9.17, 15) is 14.7 Å². The van der Waals surface area contributed by atoms with Gasteiger partial charge in [-0.15, -0.1) is 0 Å². The zero-order valence-corrected chi connectivity index (χ0v) is 14.9. The molecule has 1 fully saturated rings. The zero-order chi connectivity index (χ0) is 17.5. The van der Waals surface area contributed by atoms with Crippen LogP contribution in [0.2, 0.25) is 0 Å². The van der Waals surface area contributed by atoms with E-state index in [1.54, 1.807) is 6.92 Å². The van der Waals surface area contributed by atoms with E-state index in [1.165, 1.54) is 0 Å². The van der Waals surface area contributed by atoms with Gasteiger partial charge in [0.15, 0.2) is 6.29 Å². The van der Waals surface area contributed by atoms with Crippen LogP contribution in [-0.4, -0.2) is 60.9 Å². The fourth-order valence-electron chi connectivity index (χ4n) is 2.25. The molecule has 1 saturated heterocycles. The third-order valence-corrected chi connectivity index (χ3v) is 3.72. The van der Waals surface area contributed by atoms with Crippen LogP contribution in [0.4, 0.5) is 0 Å². The number of rotatable bonds is 8. The Kier molecular flexibility index (Phi) is 8.32. The molecule has 0 aromatic rings. The van der Waals surface area contributed by atoms with E-state index < -0.39 is 23.9 Å². The van der Waals surface area contributed by atoms with Crippen molar-refractivity contribution in [3.8, 4) is 0 Å². The van der Waals surface area contributed by atoms with Gasteiger partial charge in [-0.05, 0) is 6.92 Å². The summed E-state index contributed by atoms with van der Waals surface area (Å²) >= 11 is 4.01. The molecule has 0 aromatic carbocycles. The Labute approximate surface area is 142 Å². The molecule has 2 amide bonds. The highest BCUT2D eigenvalue weighted by atomic mass is 32.1. The van der Waals surface area contributed by atoms with Crippen LogP contribution in [0.25, 0.3) is 0 Å². The highest BCUT2D eigenvalue weighted by molar-refractivity contribution is 7.80. The number of thiol groups is 1. The highest BCUT2D eigenvalue weighted by Gasteiger charge is 2.42. The summed E-state index contributed by atoms with van der Waals surface area (Å²) in [5.41, 5.74) is -0.479. The maximum Gasteiger partial charge on any atom is 0.249 e. The van der Waals surface area contributed by atoms with E-state index in [0.717, 1.165) is 0 Å². The molecule has 1 heterocycles. The summed E-state index contributed by atoms with van der Waals surface area (Å²) in [6, 6.07) is 0. The molecule has 0 bridgehead atoms. The Bertz CT molecular complexity index is 403. The number of nitrogens with one attached hydrogen (secondary N) is 2. The lowest BCUT2D eigenvalue weighted by atomic mass is 9.85. The predicted octanol–water partition coefficient (Wildman–Crippen LogP) is 0.0773. The Balaban J connectivity index is 2.46. The molecule has 3 atom stereocenters. The van der Waals surface area contributed by atoms with Crippen molar-refractivity contribution in [3.63, 3.8) is 0 Å². The molecule has 0 aromatic heterocycles. The summed E-state index contributed by atoms with van der Waals surface area (Å²) < 4.78 is 11.2. The molecule has 1 rings (SSSR count). The van der Waals surface area contributed by atoms with Crippen molar-refractivity contribution in [3.05, 3.63) is 0 Å². The number of aliphatic hydroxyl groups excluding tert-OH is 1. The number of carbonyl (C=O) groups is 2. The lowest BCUT2D eigenvalue weighted by Gasteiger charge is -2.41. The topological polar surface area (TPSA) is 96.9 Å². The zero-order valence-electron chi connectivity index (χ0n) is 14.0. The minimum Gasteiger partial charge on any atom is -0.393 e. The average Bonchev–Trinajstić information content (AvgIpc) is 2.46. The first-order valence-electron chi connectivity index (χ1n) is 7.86. The van der Waals surface area contributed by atoms with Crippen LogP contribution in [0.15, 0.2) is 0 Å². The minimum absolute atomic E-state index is 0.126. The Morgan fingerprint density at radius 2 is 2.04 bits per heavy atom. The quantitative estimate of drug-likeness (QED) is 0.466. The van der Waals surface area contributed by atoms with E-state index in [4.69, 9.17) is 9.47 Å². The SMILES string of the molecule is CC(O)CC1OCC(C)(C)[C@H](C(=O)NCCC(=O)NCCS)O1. The van der Waals surface area contributed by atoms with Gasteiger partial charge in [-0.2, -0.15) is 12.6 Å². The van der Waals surface area contributed by atoms with Gasteiger partial charge in [0.2, 0.25) is 11.8 Å². The summed E-state index contributed by atoms with van der Waals surface area (Å²) in [5.74, 6) is 0.182. The molecule has 23 heavy (non-hydrogen) atoms. The van der Waals surface area contributed by atoms with Crippen LogP contribution in [0.5, 0.6) is 0 Å². The summed E-state index contributed by atoms with van der Waals surface area (Å²) in [5, 5.41) is 14.8. The van der Waals surface area contributed by atoms with Gasteiger partial charge in [0.1, 0.15) is 6.10 Å². The molecular formula is C15H28N2O5S. The van der Waals surface area contributed by atoms with E-state index >= 15 is 0 Å². The molecule has 3 N–H and O–H groups in total. The van der Waals surface area contributed by atoms with Crippen molar-refractivity contribution in [2.45, 2.75) is 52.1 Å². The Morgan fingerprint density at radius 3 is 2.65 bits per heavy atom. The average molecular weight is 348 g/mol. The Hall–Kier alpha value is -0.830.